The minimum absolute atomic E-state index is 0.182. The number of hydrogen-bond donors (Lipinski definition) is 2. The molecular formula is C17H16N2O2S2. The number of aromatic nitrogens is 1. The van der Waals surface area contributed by atoms with Gasteiger partial charge in [0.15, 0.2) is 0 Å². The summed E-state index contributed by atoms with van der Waals surface area (Å²) >= 11 is 2.99. The lowest BCUT2D eigenvalue weighted by Gasteiger charge is -2.09. The van der Waals surface area contributed by atoms with Gasteiger partial charge < -0.3 is 10.4 Å². The molecule has 1 amide bonds. The van der Waals surface area contributed by atoms with Crippen LogP contribution >= 0.6 is 22.7 Å². The fourth-order valence-electron chi connectivity index (χ4n) is 2.13. The van der Waals surface area contributed by atoms with Crippen LogP contribution in [0.4, 0.5) is 0 Å². The number of rotatable bonds is 6. The number of amides is 1. The predicted molar refractivity (Wildman–Crippen MR) is 93.0 cm³/mol. The molecule has 2 aromatic heterocycles. The second kappa shape index (κ2) is 7.50. The van der Waals surface area contributed by atoms with Gasteiger partial charge in [-0.1, -0.05) is 30.3 Å². The number of benzene rings is 1. The van der Waals surface area contributed by atoms with Gasteiger partial charge in [0.05, 0.1) is 11.1 Å². The first-order valence-electron chi connectivity index (χ1n) is 7.19. The van der Waals surface area contributed by atoms with E-state index in [4.69, 9.17) is 0 Å². The average Bonchev–Trinajstić information content (AvgIpc) is 3.25. The number of aliphatic hydroxyl groups excluding tert-OH is 1. The molecule has 6 heteroatoms. The van der Waals surface area contributed by atoms with E-state index in [0.717, 1.165) is 17.0 Å². The highest BCUT2D eigenvalue weighted by molar-refractivity contribution is 7.09. The summed E-state index contributed by atoms with van der Waals surface area (Å²) in [6.07, 6.45) is 0.0312. The van der Waals surface area contributed by atoms with Crippen LogP contribution in [-0.4, -0.2) is 22.5 Å². The summed E-state index contributed by atoms with van der Waals surface area (Å²) in [5.41, 5.74) is 2.39. The van der Waals surface area contributed by atoms with Crippen LogP contribution in [0.2, 0.25) is 0 Å². The summed E-state index contributed by atoms with van der Waals surface area (Å²) in [6.45, 7) is 0.182. The Kier molecular flexibility index (Phi) is 5.17. The fourth-order valence-corrected chi connectivity index (χ4v) is 3.64. The van der Waals surface area contributed by atoms with Crippen molar-refractivity contribution < 1.29 is 9.90 Å². The molecule has 4 nitrogen and oxygen atoms in total. The molecule has 0 saturated heterocycles. The standard InChI is InChI=1S/C17H16N2O2S2/c20-15(13-6-7-22-10-13)9-18-17(21)14-11-23-16(19-14)8-12-4-2-1-3-5-12/h1-7,10-11,15,20H,8-9H2,(H,18,21). The van der Waals surface area contributed by atoms with Crippen molar-refractivity contribution in [3.63, 3.8) is 0 Å². The average molecular weight is 344 g/mol. The van der Waals surface area contributed by atoms with Crippen LogP contribution in [0.15, 0.2) is 52.5 Å². The topological polar surface area (TPSA) is 62.2 Å². The van der Waals surface area contributed by atoms with Crippen molar-refractivity contribution in [1.29, 1.82) is 0 Å². The number of carbonyl (C=O) groups is 1. The van der Waals surface area contributed by atoms with Crippen molar-refractivity contribution in [3.05, 3.63) is 74.4 Å². The largest absolute Gasteiger partial charge is 0.387 e. The summed E-state index contributed by atoms with van der Waals surface area (Å²) in [5.74, 6) is -0.255. The molecule has 0 aliphatic carbocycles. The summed E-state index contributed by atoms with van der Waals surface area (Å²) in [6, 6.07) is 11.9. The minimum Gasteiger partial charge on any atom is -0.387 e. The Morgan fingerprint density at radius 3 is 2.78 bits per heavy atom. The van der Waals surface area contributed by atoms with E-state index in [1.165, 1.54) is 28.2 Å². The van der Waals surface area contributed by atoms with Crippen molar-refractivity contribution in [2.24, 2.45) is 0 Å². The Labute approximate surface area is 142 Å². The maximum absolute atomic E-state index is 12.1. The molecule has 2 heterocycles. The number of thiophene rings is 1. The van der Waals surface area contributed by atoms with E-state index >= 15 is 0 Å². The zero-order chi connectivity index (χ0) is 16.1. The Balaban J connectivity index is 1.56. The molecule has 1 aromatic carbocycles. The molecule has 1 atom stereocenters. The number of hydrogen-bond acceptors (Lipinski definition) is 5. The molecular weight excluding hydrogens is 328 g/mol. The van der Waals surface area contributed by atoms with E-state index in [9.17, 15) is 9.90 Å². The third kappa shape index (κ3) is 4.25. The van der Waals surface area contributed by atoms with E-state index in [1.54, 1.807) is 5.38 Å². The molecule has 3 rings (SSSR count). The smallest absolute Gasteiger partial charge is 0.270 e. The molecule has 118 valence electrons. The van der Waals surface area contributed by atoms with Crippen molar-refractivity contribution >= 4 is 28.6 Å². The molecule has 0 fully saturated rings. The molecule has 0 radical (unpaired) electrons. The molecule has 2 N–H and O–H groups in total. The highest BCUT2D eigenvalue weighted by atomic mass is 32.1. The summed E-state index contributed by atoms with van der Waals surface area (Å²) in [4.78, 5) is 16.5. The van der Waals surface area contributed by atoms with Crippen molar-refractivity contribution in [3.8, 4) is 0 Å². The number of thiazole rings is 1. The van der Waals surface area contributed by atoms with Crippen LogP contribution in [0.25, 0.3) is 0 Å². The number of nitrogens with one attached hydrogen (secondary N) is 1. The highest BCUT2D eigenvalue weighted by Gasteiger charge is 2.14. The molecule has 0 aliphatic heterocycles. The van der Waals surface area contributed by atoms with Crippen LogP contribution in [-0.2, 0) is 6.42 Å². The van der Waals surface area contributed by atoms with E-state index < -0.39 is 6.10 Å². The molecule has 0 spiro atoms. The predicted octanol–water partition coefficient (Wildman–Crippen LogP) is 3.26. The van der Waals surface area contributed by atoms with Gasteiger partial charge in [-0.3, -0.25) is 4.79 Å². The van der Waals surface area contributed by atoms with Gasteiger partial charge in [-0.05, 0) is 28.0 Å². The lowest BCUT2D eigenvalue weighted by atomic mass is 10.2. The zero-order valence-corrected chi connectivity index (χ0v) is 13.9. The molecule has 0 bridgehead atoms. The van der Waals surface area contributed by atoms with Gasteiger partial charge >= 0.3 is 0 Å². The van der Waals surface area contributed by atoms with E-state index in [0.29, 0.717) is 5.69 Å². The van der Waals surface area contributed by atoms with Gasteiger partial charge in [-0.25, -0.2) is 4.98 Å². The highest BCUT2D eigenvalue weighted by Crippen LogP contribution is 2.17. The van der Waals surface area contributed by atoms with Gasteiger partial charge in [0.2, 0.25) is 0 Å². The Bertz CT molecular complexity index is 754. The summed E-state index contributed by atoms with van der Waals surface area (Å²) in [7, 11) is 0. The molecule has 23 heavy (non-hydrogen) atoms. The van der Waals surface area contributed by atoms with Gasteiger partial charge in [0.25, 0.3) is 5.91 Å². The lowest BCUT2D eigenvalue weighted by molar-refractivity contribution is 0.0912. The van der Waals surface area contributed by atoms with Crippen LogP contribution in [0.5, 0.6) is 0 Å². The second-order valence-electron chi connectivity index (χ2n) is 5.07. The minimum atomic E-state index is -0.687. The van der Waals surface area contributed by atoms with Crippen molar-refractivity contribution in [1.82, 2.24) is 10.3 Å². The zero-order valence-electron chi connectivity index (χ0n) is 12.3. The second-order valence-corrected chi connectivity index (χ2v) is 6.79. The number of aliphatic hydroxyl groups is 1. The van der Waals surface area contributed by atoms with Crippen LogP contribution < -0.4 is 5.32 Å². The van der Waals surface area contributed by atoms with Crippen LogP contribution in [0.1, 0.15) is 32.7 Å². The quantitative estimate of drug-likeness (QED) is 0.721. The molecule has 3 aromatic rings. The fraction of sp³-hybridized carbons (Fsp3) is 0.176. The monoisotopic (exact) mass is 344 g/mol. The Hall–Kier alpha value is -2.02. The molecule has 1 unspecified atom stereocenters. The SMILES string of the molecule is O=C(NCC(O)c1ccsc1)c1csc(Cc2ccccc2)n1. The van der Waals surface area contributed by atoms with Gasteiger partial charge in [0, 0.05) is 18.3 Å². The summed E-state index contributed by atoms with van der Waals surface area (Å²) < 4.78 is 0. The maximum Gasteiger partial charge on any atom is 0.270 e. The van der Waals surface area contributed by atoms with Gasteiger partial charge in [0.1, 0.15) is 5.69 Å². The lowest BCUT2D eigenvalue weighted by Crippen LogP contribution is -2.28. The van der Waals surface area contributed by atoms with Crippen LogP contribution in [0, 0.1) is 0 Å². The van der Waals surface area contributed by atoms with Crippen LogP contribution in [0.3, 0.4) is 0 Å². The van der Waals surface area contributed by atoms with Crippen molar-refractivity contribution in [2.75, 3.05) is 6.54 Å². The number of nitrogens with zero attached hydrogens (tertiary/aromatic N) is 1. The summed E-state index contributed by atoms with van der Waals surface area (Å²) in [5, 5.41) is 19.1. The molecule has 0 saturated carbocycles. The Morgan fingerprint density at radius 1 is 1.22 bits per heavy atom. The first kappa shape index (κ1) is 15.9. The normalized spacial score (nSPS) is 12.0. The van der Waals surface area contributed by atoms with Gasteiger partial charge in [-0.2, -0.15) is 11.3 Å². The third-order valence-corrected chi connectivity index (χ3v) is 4.92. The number of carbonyl (C=O) groups excluding carboxylic acids is 1. The van der Waals surface area contributed by atoms with E-state index in [-0.39, 0.29) is 12.5 Å². The van der Waals surface area contributed by atoms with E-state index in [2.05, 4.69) is 10.3 Å². The molecule has 0 aliphatic rings. The third-order valence-electron chi connectivity index (χ3n) is 3.37. The Morgan fingerprint density at radius 2 is 2.04 bits per heavy atom. The van der Waals surface area contributed by atoms with Crippen molar-refractivity contribution in [2.45, 2.75) is 12.5 Å². The maximum atomic E-state index is 12.1. The first-order valence-corrected chi connectivity index (χ1v) is 9.01. The van der Waals surface area contributed by atoms with E-state index in [1.807, 2.05) is 47.2 Å². The van der Waals surface area contributed by atoms with Gasteiger partial charge in [-0.15, -0.1) is 11.3 Å². The first-order chi connectivity index (χ1) is 11.2.